The average molecular weight is 399 g/mol. The molecule has 0 saturated heterocycles. The molecule has 2 rings (SSSR count). The molecule has 2 aromatic rings. The van der Waals surface area contributed by atoms with E-state index in [0.717, 1.165) is 11.1 Å². The summed E-state index contributed by atoms with van der Waals surface area (Å²) >= 11 is 0. The molecule has 0 fully saturated rings. The summed E-state index contributed by atoms with van der Waals surface area (Å²) in [6, 6.07) is 14.5. The van der Waals surface area contributed by atoms with Crippen molar-refractivity contribution in [1.29, 1.82) is 0 Å². The Balaban J connectivity index is 2.23. The number of carbonyl (C=O) groups is 2. The molecule has 0 radical (unpaired) electrons. The van der Waals surface area contributed by atoms with Crippen molar-refractivity contribution in [2.45, 2.75) is 39.8 Å². The van der Waals surface area contributed by atoms with Crippen LogP contribution >= 0.6 is 0 Å². The highest BCUT2D eigenvalue weighted by Gasteiger charge is 2.28. The fraction of sp³-hybridized carbons (Fsp3) is 0.391. The van der Waals surface area contributed by atoms with Crippen LogP contribution in [0.1, 0.15) is 31.4 Å². The molecule has 1 unspecified atom stereocenters. The van der Waals surface area contributed by atoms with Gasteiger partial charge in [0.2, 0.25) is 5.91 Å². The second-order valence-electron chi connectivity index (χ2n) is 6.75. The number of likely N-dealkylation sites (N-methyl/N-ethyl adjacent to an activating group) is 1. The Bertz CT molecular complexity index is 822. The molecule has 2 aromatic carbocycles. The molecule has 6 nitrogen and oxygen atoms in total. The van der Waals surface area contributed by atoms with Gasteiger partial charge in [-0.15, -0.1) is 0 Å². The number of nitrogens with one attached hydrogen (secondary N) is 1. The summed E-state index contributed by atoms with van der Waals surface area (Å²) in [5, 5.41) is 2.82. The maximum Gasteiger partial charge on any atom is 0.261 e. The second kappa shape index (κ2) is 11.1. The number of benzene rings is 2. The third kappa shape index (κ3) is 6.24. The highest BCUT2D eigenvalue weighted by Crippen LogP contribution is 2.19. The fourth-order valence-corrected chi connectivity index (χ4v) is 3.12. The van der Waals surface area contributed by atoms with Crippen molar-refractivity contribution in [2.75, 3.05) is 20.3 Å². The lowest BCUT2D eigenvalue weighted by molar-refractivity contribution is -0.142. The van der Waals surface area contributed by atoms with Gasteiger partial charge in [0, 0.05) is 13.1 Å². The van der Waals surface area contributed by atoms with E-state index >= 15 is 0 Å². The largest absolute Gasteiger partial charge is 0.497 e. The highest BCUT2D eigenvalue weighted by molar-refractivity contribution is 5.88. The van der Waals surface area contributed by atoms with Crippen LogP contribution in [0, 0.1) is 6.92 Å². The predicted molar refractivity (Wildman–Crippen MR) is 113 cm³/mol. The summed E-state index contributed by atoms with van der Waals surface area (Å²) in [6.45, 7) is 6.36. The highest BCUT2D eigenvalue weighted by atomic mass is 16.5. The van der Waals surface area contributed by atoms with E-state index in [2.05, 4.69) is 5.32 Å². The van der Waals surface area contributed by atoms with Gasteiger partial charge >= 0.3 is 0 Å². The van der Waals surface area contributed by atoms with Crippen molar-refractivity contribution >= 4 is 11.8 Å². The van der Waals surface area contributed by atoms with Crippen molar-refractivity contribution in [3.8, 4) is 11.5 Å². The monoisotopic (exact) mass is 398 g/mol. The van der Waals surface area contributed by atoms with Gasteiger partial charge < -0.3 is 19.7 Å². The zero-order valence-electron chi connectivity index (χ0n) is 17.6. The number of nitrogens with zero attached hydrogens (tertiary/aromatic N) is 1. The maximum absolute atomic E-state index is 13.1. The number of hydrogen-bond acceptors (Lipinski definition) is 4. The summed E-state index contributed by atoms with van der Waals surface area (Å²) in [6.07, 6.45) is 0.506. The Morgan fingerprint density at radius 2 is 1.86 bits per heavy atom. The normalized spacial score (nSPS) is 11.4. The van der Waals surface area contributed by atoms with Gasteiger partial charge in [0.15, 0.2) is 6.61 Å². The number of aryl methyl sites for hydroxylation is 1. The van der Waals surface area contributed by atoms with Crippen LogP contribution in [0.3, 0.4) is 0 Å². The minimum absolute atomic E-state index is 0.134. The van der Waals surface area contributed by atoms with E-state index in [-0.39, 0.29) is 18.4 Å². The third-order valence-electron chi connectivity index (χ3n) is 4.67. The number of methoxy groups -OCH3 is 1. The van der Waals surface area contributed by atoms with E-state index in [1.54, 1.807) is 12.0 Å². The van der Waals surface area contributed by atoms with Gasteiger partial charge in [-0.25, -0.2) is 0 Å². The molecule has 0 aliphatic rings. The quantitative estimate of drug-likeness (QED) is 0.667. The van der Waals surface area contributed by atoms with Gasteiger partial charge in [-0.1, -0.05) is 37.3 Å². The first kappa shape index (κ1) is 22.3. The molecular weight excluding hydrogens is 368 g/mol. The van der Waals surface area contributed by atoms with Crippen LogP contribution in [0.15, 0.2) is 48.5 Å². The molecule has 156 valence electrons. The average Bonchev–Trinajstić information content (AvgIpc) is 2.73. The molecule has 0 saturated carbocycles. The molecule has 0 heterocycles. The lowest BCUT2D eigenvalue weighted by atomic mass is 10.1. The molecule has 1 atom stereocenters. The van der Waals surface area contributed by atoms with Crippen LogP contribution in [0.25, 0.3) is 0 Å². The van der Waals surface area contributed by atoms with Gasteiger partial charge in [-0.3, -0.25) is 9.59 Å². The predicted octanol–water partition coefficient (Wildman–Crippen LogP) is 3.33. The molecule has 0 aliphatic carbocycles. The van der Waals surface area contributed by atoms with Crippen molar-refractivity contribution in [3.05, 3.63) is 59.7 Å². The van der Waals surface area contributed by atoms with Crippen molar-refractivity contribution in [1.82, 2.24) is 10.2 Å². The zero-order chi connectivity index (χ0) is 21.2. The van der Waals surface area contributed by atoms with Gasteiger partial charge in [0.05, 0.1) is 7.11 Å². The van der Waals surface area contributed by atoms with Gasteiger partial charge in [0.25, 0.3) is 5.91 Å². The Kier molecular flexibility index (Phi) is 8.52. The standard InChI is InChI=1S/C23H30N2O4/c1-5-20(23(27)24-6-2)25(15-18-11-9-12-19(14-18)28-4)22(26)16-29-21-13-8-7-10-17(21)3/h7-14,20H,5-6,15-16H2,1-4H3,(H,24,27). The molecule has 2 amide bonds. The smallest absolute Gasteiger partial charge is 0.261 e. The Morgan fingerprint density at radius 1 is 1.10 bits per heavy atom. The van der Waals surface area contributed by atoms with Crippen LogP contribution in [0.5, 0.6) is 11.5 Å². The molecule has 0 aromatic heterocycles. The van der Waals surface area contributed by atoms with E-state index in [9.17, 15) is 9.59 Å². The summed E-state index contributed by atoms with van der Waals surface area (Å²) in [7, 11) is 1.60. The van der Waals surface area contributed by atoms with E-state index in [4.69, 9.17) is 9.47 Å². The summed E-state index contributed by atoms with van der Waals surface area (Å²) in [5.74, 6) is 0.960. The topological polar surface area (TPSA) is 67.9 Å². The van der Waals surface area contributed by atoms with Gasteiger partial charge in [-0.2, -0.15) is 0 Å². The van der Waals surface area contributed by atoms with Crippen LogP contribution in [-0.4, -0.2) is 43.0 Å². The lowest BCUT2D eigenvalue weighted by Gasteiger charge is -2.30. The number of carbonyl (C=O) groups excluding carboxylic acids is 2. The maximum atomic E-state index is 13.1. The zero-order valence-corrected chi connectivity index (χ0v) is 17.6. The first-order chi connectivity index (χ1) is 14.0. The van der Waals surface area contributed by atoms with E-state index in [1.807, 2.05) is 69.3 Å². The number of amides is 2. The number of para-hydroxylation sites is 1. The van der Waals surface area contributed by atoms with E-state index in [1.165, 1.54) is 0 Å². The van der Waals surface area contributed by atoms with Crippen LogP contribution in [-0.2, 0) is 16.1 Å². The summed E-state index contributed by atoms with van der Waals surface area (Å²) < 4.78 is 11.0. The summed E-state index contributed by atoms with van der Waals surface area (Å²) in [4.78, 5) is 27.3. The van der Waals surface area contributed by atoms with Gasteiger partial charge in [-0.05, 0) is 49.6 Å². The molecule has 0 spiro atoms. The van der Waals surface area contributed by atoms with Crippen molar-refractivity contribution in [3.63, 3.8) is 0 Å². The number of hydrogen-bond donors (Lipinski definition) is 1. The molecule has 1 N–H and O–H groups in total. The Hall–Kier alpha value is -3.02. The Labute approximate surface area is 172 Å². The summed E-state index contributed by atoms with van der Waals surface area (Å²) in [5.41, 5.74) is 1.84. The SMILES string of the molecule is CCNC(=O)C(CC)N(Cc1cccc(OC)c1)C(=O)COc1ccccc1C. The first-order valence-electron chi connectivity index (χ1n) is 9.88. The number of rotatable bonds is 10. The fourth-order valence-electron chi connectivity index (χ4n) is 3.12. The lowest BCUT2D eigenvalue weighted by Crippen LogP contribution is -2.50. The van der Waals surface area contributed by atoms with Crippen LogP contribution in [0.4, 0.5) is 0 Å². The molecule has 29 heavy (non-hydrogen) atoms. The van der Waals surface area contributed by atoms with Crippen LogP contribution < -0.4 is 14.8 Å². The van der Waals surface area contributed by atoms with Gasteiger partial charge in [0.1, 0.15) is 17.5 Å². The minimum atomic E-state index is -0.575. The van der Waals surface area contributed by atoms with Crippen molar-refractivity contribution < 1.29 is 19.1 Å². The van der Waals surface area contributed by atoms with Crippen LogP contribution in [0.2, 0.25) is 0 Å². The molecule has 0 aliphatic heterocycles. The van der Waals surface area contributed by atoms with Crippen molar-refractivity contribution in [2.24, 2.45) is 0 Å². The number of ether oxygens (including phenoxy) is 2. The molecular formula is C23H30N2O4. The molecule has 0 bridgehead atoms. The first-order valence-corrected chi connectivity index (χ1v) is 9.88. The minimum Gasteiger partial charge on any atom is -0.497 e. The second-order valence-corrected chi connectivity index (χ2v) is 6.75. The molecule has 6 heteroatoms. The van der Waals surface area contributed by atoms with E-state index in [0.29, 0.717) is 31.0 Å². The Morgan fingerprint density at radius 3 is 2.52 bits per heavy atom. The third-order valence-corrected chi connectivity index (χ3v) is 4.67. The van der Waals surface area contributed by atoms with E-state index < -0.39 is 6.04 Å².